The number of benzene rings is 1. The van der Waals surface area contributed by atoms with Crippen molar-refractivity contribution in [1.82, 2.24) is 24.6 Å². The Kier molecular flexibility index (Phi) is 8.57. The van der Waals surface area contributed by atoms with Gasteiger partial charge in [0.1, 0.15) is 6.54 Å². The molecule has 0 bridgehead atoms. The molecule has 2 aliphatic rings. The Balaban J connectivity index is 0.00000289. The minimum atomic E-state index is -0.0725. The van der Waals surface area contributed by atoms with Gasteiger partial charge in [0.25, 0.3) is 5.91 Å². The van der Waals surface area contributed by atoms with Gasteiger partial charge in [-0.05, 0) is 63.0 Å². The van der Waals surface area contributed by atoms with Gasteiger partial charge in [-0.25, -0.2) is 0 Å². The van der Waals surface area contributed by atoms with Gasteiger partial charge in [0.15, 0.2) is 0 Å². The van der Waals surface area contributed by atoms with E-state index in [1.807, 2.05) is 42.3 Å². The standard InChI is InChI=1S/C24H35N5O2.ClH/c1-3-10-29(24(31)20-5-4-19-6-9-25-22(19)17-20)18-23(30)28-15-13-27(14-16-28)21-7-11-26(2)12-8-21;/h4-6,9,17,21,25H,3,7-8,10-16,18H2,1-2H3;1H. The first kappa shape index (κ1) is 24.6. The highest BCUT2D eigenvalue weighted by Gasteiger charge is 2.29. The second-order valence-corrected chi connectivity index (χ2v) is 8.96. The number of fused-ring (bicyclic) bond motifs is 1. The molecule has 0 atom stereocenters. The largest absolute Gasteiger partial charge is 0.361 e. The van der Waals surface area contributed by atoms with Gasteiger partial charge in [0, 0.05) is 56.0 Å². The number of nitrogens with zero attached hydrogens (tertiary/aromatic N) is 4. The molecule has 2 aromatic rings. The van der Waals surface area contributed by atoms with Crippen molar-refractivity contribution in [3.63, 3.8) is 0 Å². The number of hydrogen-bond donors (Lipinski definition) is 1. The van der Waals surface area contributed by atoms with Gasteiger partial charge in [-0.1, -0.05) is 13.0 Å². The van der Waals surface area contributed by atoms with Crippen molar-refractivity contribution in [3.05, 3.63) is 36.0 Å². The summed E-state index contributed by atoms with van der Waals surface area (Å²) in [5, 5.41) is 1.08. The van der Waals surface area contributed by atoms with E-state index in [-0.39, 0.29) is 30.8 Å². The summed E-state index contributed by atoms with van der Waals surface area (Å²) >= 11 is 0. The summed E-state index contributed by atoms with van der Waals surface area (Å²) in [4.78, 5) is 37.9. The number of amides is 2. The first-order chi connectivity index (χ1) is 15.0. The zero-order valence-corrected chi connectivity index (χ0v) is 20.1. The van der Waals surface area contributed by atoms with Gasteiger partial charge in [0.05, 0.1) is 0 Å². The number of hydrogen-bond acceptors (Lipinski definition) is 4. The molecule has 0 spiro atoms. The lowest BCUT2D eigenvalue weighted by Crippen LogP contribution is -2.55. The molecule has 0 unspecified atom stereocenters. The van der Waals surface area contributed by atoms with E-state index in [4.69, 9.17) is 0 Å². The van der Waals surface area contributed by atoms with Crippen LogP contribution in [-0.4, -0.2) is 102 Å². The third-order valence-electron chi connectivity index (χ3n) is 6.78. The molecule has 3 heterocycles. The molecule has 1 N–H and O–H groups in total. The van der Waals surface area contributed by atoms with Gasteiger partial charge in [0.2, 0.25) is 5.91 Å². The van der Waals surface area contributed by atoms with Gasteiger partial charge < -0.3 is 19.7 Å². The number of likely N-dealkylation sites (tertiary alicyclic amines) is 1. The van der Waals surface area contributed by atoms with Crippen LogP contribution in [0.25, 0.3) is 10.9 Å². The second kappa shape index (κ2) is 11.2. The molecule has 0 saturated carbocycles. The summed E-state index contributed by atoms with van der Waals surface area (Å²) in [5.41, 5.74) is 1.57. The topological polar surface area (TPSA) is 62.9 Å². The van der Waals surface area contributed by atoms with Crippen molar-refractivity contribution in [3.8, 4) is 0 Å². The van der Waals surface area contributed by atoms with Crippen molar-refractivity contribution in [2.45, 2.75) is 32.2 Å². The summed E-state index contributed by atoms with van der Waals surface area (Å²) in [7, 11) is 2.19. The maximum Gasteiger partial charge on any atom is 0.254 e. The van der Waals surface area contributed by atoms with E-state index in [0.717, 1.165) is 56.6 Å². The van der Waals surface area contributed by atoms with Gasteiger partial charge in [-0.3, -0.25) is 14.5 Å². The lowest BCUT2D eigenvalue weighted by Gasteiger charge is -2.42. The molecule has 0 aliphatic carbocycles. The second-order valence-electron chi connectivity index (χ2n) is 8.96. The highest BCUT2D eigenvalue weighted by atomic mass is 35.5. The number of rotatable bonds is 6. The summed E-state index contributed by atoms with van der Waals surface area (Å²) in [6, 6.07) is 8.32. The highest BCUT2D eigenvalue weighted by Crippen LogP contribution is 2.19. The molecule has 8 heteroatoms. The minimum Gasteiger partial charge on any atom is -0.361 e. The van der Waals surface area contributed by atoms with Gasteiger partial charge in [-0.15, -0.1) is 12.4 Å². The molecule has 2 saturated heterocycles. The first-order valence-electron chi connectivity index (χ1n) is 11.6. The fraction of sp³-hybridized carbons (Fsp3) is 0.583. The van der Waals surface area contributed by atoms with Crippen LogP contribution < -0.4 is 0 Å². The summed E-state index contributed by atoms with van der Waals surface area (Å²) < 4.78 is 0. The number of nitrogens with one attached hydrogen (secondary N) is 1. The van der Waals surface area contributed by atoms with Crippen LogP contribution in [0.2, 0.25) is 0 Å². The van der Waals surface area contributed by atoms with Crippen LogP contribution in [0, 0.1) is 0 Å². The van der Waals surface area contributed by atoms with Crippen LogP contribution in [0.15, 0.2) is 30.5 Å². The monoisotopic (exact) mass is 461 g/mol. The molecule has 1 aromatic heterocycles. The number of aromatic nitrogens is 1. The predicted molar refractivity (Wildman–Crippen MR) is 130 cm³/mol. The number of halogens is 1. The fourth-order valence-electron chi connectivity index (χ4n) is 4.85. The number of aromatic amines is 1. The van der Waals surface area contributed by atoms with Crippen molar-refractivity contribution in [2.75, 3.05) is 59.4 Å². The summed E-state index contributed by atoms with van der Waals surface area (Å²) in [6.07, 6.45) is 5.13. The van der Waals surface area contributed by atoms with Crippen LogP contribution in [0.4, 0.5) is 0 Å². The Morgan fingerprint density at radius 2 is 1.78 bits per heavy atom. The Hall–Kier alpha value is -2.09. The Labute approximate surface area is 197 Å². The summed E-state index contributed by atoms with van der Waals surface area (Å²) in [6.45, 7) is 8.49. The molecule has 1 aromatic carbocycles. The number of carbonyl (C=O) groups excluding carboxylic acids is 2. The van der Waals surface area contributed by atoms with Crippen molar-refractivity contribution >= 4 is 35.1 Å². The van der Waals surface area contributed by atoms with E-state index in [1.54, 1.807) is 4.90 Å². The molecule has 7 nitrogen and oxygen atoms in total. The van der Waals surface area contributed by atoms with E-state index >= 15 is 0 Å². The fourth-order valence-corrected chi connectivity index (χ4v) is 4.85. The van der Waals surface area contributed by atoms with Gasteiger partial charge in [-0.2, -0.15) is 0 Å². The summed E-state index contributed by atoms with van der Waals surface area (Å²) in [5.74, 6) is -0.0116. The number of piperazine rings is 1. The highest BCUT2D eigenvalue weighted by molar-refractivity contribution is 5.99. The zero-order chi connectivity index (χ0) is 21.8. The third-order valence-corrected chi connectivity index (χ3v) is 6.78. The van der Waals surface area contributed by atoms with Crippen molar-refractivity contribution in [1.29, 1.82) is 0 Å². The number of H-pyrrole nitrogens is 1. The average molecular weight is 462 g/mol. The third kappa shape index (κ3) is 5.63. The van der Waals surface area contributed by atoms with Crippen LogP contribution in [0.5, 0.6) is 0 Å². The Morgan fingerprint density at radius 1 is 1.06 bits per heavy atom. The molecule has 0 radical (unpaired) electrons. The number of piperidine rings is 1. The van der Waals surface area contributed by atoms with Crippen molar-refractivity contribution < 1.29 is 9.59 Å². The van der Waals surface area contributed by atoms with E-state index < -0.39 is 0 Å². The quantitative estimate of drug-likeness (QED) is 0.718. The molecule has 2 amide bonds. The maximum atomic E-state index is 13.1. The Bertz CT molecular complexity index is 901. The SMILES string of the molecule is CCCN(CC(=O)N1CCN(C2CCN(C)CC2)CC1)C(=O)c1ccc2cc[nH]c2c1.Cl. The molecule has 2 aliphatic heterocycles. The molecule has 32 heavy (non-hydrogen) atoms. The lowest BCUT2D eigenvalue weighted by molar-refractivity contribution is -0.134. The first-order valence-corrected chi connectivity index (χ1v) is 11.6. The van der Waals surface area contributed by atoms with Crippen LogP contribution in [0.1, 0.15) is 36.5 Å². The van der Waals surface area contributed by atoms with Crippen molar-refractivity contribution in [2.24, 2.45) is 0 Å². The molecular formula is C24H36ClN5O2. The van der Waals surface area contributed by atoms with E-state index in [1.165, 1.54) is 12.8 Å². The van der Waals surface area contributed by atoms with Crippen LogP contribution in [0.3, 0.4) is 0 Å². The Morgan fingerprint density at radius 3 is 2.47 bits per heavy atom. The van der Waals surface area contributed by atoms with E-state index in [2.05, 4.69) is 21.8 Å². The maximum absolute atomic E-state index is 13.1. The zero-order valence-electron chi connectivity index (χ0n) is 19.3. The van der Waals surface area contributed by atoms with Crippen LogP contribution in [-0.2, 0) is 4.79 Å². The van der Waals surface area contributed by atoms with E-state index in [9.17, 15) is 9.59 Å². The van der Waals surface area contributed by atoms with Gasteiger partial charge >= 0.3 is 0 Å². The molecule has 4 rings (SSSR count). The predicted octanol–water partition coefficient (Wildman–Crippen LogP) is 2.68. The normalized spacial score (nSPS) is 18.5. The average Bonchev–Trinajstić information content (AvgIpc) is 3.27. The lowest BCUT2D eigenvalue weighted by atomic mass is 10.0. The molecule has 2 fully saturated rings. The smallest absolute Gasteiger partial charge is 0.254 e. The molecule has 176 valence electrons. The van der Waals surface area contributed by atoms with Crippen LogP contribution >= 0.6 is 12.4 Å². The molecular weight excluding hydrogens is 426 g/mol. The van der Waals surface area contributed by atoms with E-state index in [0.29, 0.717) is 18.2 Å². The number of carbonyl (C=O) groups is 2. The minimum absolute atomic E-state index is 0.